The number of aromatic amines is 1. The van der Waals surface area contributed by atoms with E-state index in [1.165, 1.54) is 19.2 Å². The molecule has 0 saturated carbocycles. The van der Waals surface area contributed by atoms with Gasteiger partial charge in [0.05, 0.1) is 13.4 Å². The van der Waals surface area contributed by atoms with Crippen LogP contribution in [-0.2, 0) is 0 Å². The molecule has 0 spiro atoms. The molecule has 104 valence electrons. The van der Waals surface area contributed by atoms with Crippen LogP contribution in [0.1, 0.15) is 10.4 Å². The van der Waals surface area contributed by atoms with Crippen LogP contribution < -0.4 is 15.0 Å². The van der Waals surface area contributed by atoms with Gasteiger partial charge in [-0.25, -0.2) is 14.2 Å². The Bertz CT molecular complexity index is 713. The van der Waals surface area contributed by atoms with Crippen LogP contribution in [0.2, 0.25) is 0 Å². The highest BCUT2D eigenvalue weighted by Crippen LogP contribution is 2.29. The van der Waals surface area contributed by atoms with Gasteiger partial charge in [0.2, 0.25) is 5.75 Å². The van der Waals surface area contributed by atoms with Crippen LogP contribution in [0.25, 0.3) is 0 Å². The Morgan fingerprint density at radius 1 is 1.45 bits per heavy atom. The number of carbonyl (C=O) groups is 1. The van der Waals surface area contributed by atoms with Crippen LogP contribution in [0.5, 0.6) is 17.4 Å². The van der Waals surface area contributed by atoms with E-state index in [2.05, 4.69) is 9.97 Å². The molecule has 0 aliphatic carbocycles. The monoisotopic (exact) mass is 280 g/mol. The number of ether oxygens (including phenoxy) is 2. The number of hydrogen-bond acceptors (Lipinski definition) is 5. The third-order valence-corrected chi connectivity index (χ3v) is 2.38. The SMILES string of the molecule is COc1c(Oc2cccc(F)c2C(=O)O)nc[nH]c1=O. The molecule has 0 aliphatic rings. The van der Waals surface area contributed by atoms with Crippen molar-refractivity contribution in [1.82, 2.24) is 9.97 Å². The van der Waals surface area contributed by atoms with E-state index in [1.807, 2.05) is 0 Å². The Morgan fingerprint density at radius 2 is 2.20 bits per heavy atom. The van der Waals surface area contributed by atoms with E-state index in [9.17, 15) is 14.0 Å². The number of H-pyrrole nitrogens is 1. The van der Waals surface area contributed by atoms with Crippen LogP contribution in [0.3, 0.4) is 0 Å². The lowest BCUT2D eigenvalue weighted by atomic mass is 10.2. The molecule has 20 heavy (non-hydrogen) atoms. The minimum absolute atomic E-state index is 0.242. The number of methoxy groups -OCH3 is 1. The molecule has 0 aliphatic heterocycles. The Balaban J connectivity index is 2.51. The smallest absolute Gasteiger partial charge is 0.342 e. The number of benzene rings is 1. The summed E-state index contributed by atoms with van der Waals surface area (Å²) in [6.07, 6.45) is 1.06. The minimum Gasteiger partial charge on any atom is -0.487 e. The van der Waals surface area contributed by atoms with Crippen molar-refractivity contribution in [3.05, 3.63) is 46.3 Å². The zero-order valence-electron chi connectivity index (χ0n) is 10.2. The van der Waals surface area contributed by atoms with Gasteiger partial charge < -0.3 is 19.6 Å². The summed E-state index contributed by atoms with van der Waals surface area (Å²) in [5.41, 5.74) is -1.26. The van der Waals surface area contributed by atoms with E-state index in [4.69, 9.17) is 14.6 Å². The van der Waals surface area contributed by atoms with E-state index in [-0.39, 0.29) is 17.4 Å². The topological polar surface area (TPSA) is 102 Å². The molecule has 2 rings (SSSR count). The first-order valence-corrected chi connectivity index (χ1v) is 5.36. The number of hydrogen-bond donors (Lipinski definition) is 2. The van der Waals surface area contributed by atoms with Crippen LogP contribution in [0.15, 0.2) is 29.3 Å². The molecule has 1 heterocycles. The predicted molar refractivity (Wildman–Crippen MR) is 64.8 cm³/mol. The zero-order chi connectivity index (χ0) is 14.7. The maximum Gasteiger partial charge on any atom is 0.342 e. The average molecular weight is 280 g/mol. The minimum atomic E-state index is -1.50. The second-order valence-electron chi connectivity index (χ2n) is 3.59. The molecule has 0 atom stereocenters. The normalized spacial score (nSPS) is 10.1. The molecule has 0 fully saturated rings. The van der Waals surface area contributed by atoms with E-state index < -0.39 is 22.9 Å². The number of nitrogens with one attached hydrogen (secondary N) is 1. The largest absolute Gasteiger partial charge is 0.487 e. The number of carboxylic acids is 1. The maximum absolute atomic E-state index is 13.5. The van der Waals surface area contributed by atoms with Crippen molar-refractivity contribution in [2.45, 2.75) is 0 Å². The molecule has 1 aromatic heterocycles. The fraction of sp³-hybridized carbons (Fsp3) is 0.0833. The number of nitrogens with zero attached hydrogens (tertiary/aromatic N) is 1. The number of aromatic carboxylic acids is 1. The molecule has 2 N–H and O–H groups in total. The van der Waals surface area contributed by atoms with E-state index >= 15 is 0 Å². The first-order valence-electron chi connectivity index (χ1n) is 5.36. The highest BCUT2D eigenvalue weighted by molar-refractivity contribution is 5.91. The van der Waals surface area contributed by atoms with Crippen molar-refractivity contribution < 1.29 is 23.8 Å². The van der Waals surface area contributed by atoms with Crippen molar-refractivity contribution in [1.29, 1.82) is 0 Å². The van der Waals surface area contributed by atoms with Crippen molar-refractivity contribution >= 4 is 5.97 Å². The molecule has 0 amide bonds. The maximum atomic E-state index is 13.5. The van der Waals surface area contributed by atoms with Gasteiger partial charge >= 0.3 is 5.97 Å². The van der Waals surface area contributed by atoms with Gasteiger partial charge in [-0.3, -0.25) is 4.79 Å². The van der Waals surface area contributed by atoms with Gasteiger partial charge in [-0.05, 0) is 12.1 Å². The second-order valence-corrected chi connectivity index (χ2v) is 3.59. The van der Waals surface area contributed by atoms with Crippen LogP contribution in [0, 0.1) is 5.82 Å². The van der Waals surface area contributed by atoms with Gasteiger partial charge in [-0.1, -0.05) is 6.07 Å². The summed E-state index contributed by atoms with van der Waals surface area (Å²) in [7, 11) is 1.22. The van der Waals surface area contributed by atoms with Crippen LogP contribution >= 0.6 is 0 Å². The lowest BCUT2D eigenvalue weighted by Gasteiger charge is -2.10. The predicted octanol–water partition coefficient (Wildman–Crippen LogP) is 1.41. The van der Waals surface area contributed by atoms with Gasteiger partial charge in [0.1, 0.15) is 17.1 Å². The average Bonchev–Trinajstić information content (AvgIpc) is 2.38. The van der Waals surface area contributed by atoms with Gasteiger partial charge in [0.15, 0.2) is 0 Å². The fourth-order valence-corrected chi connectivity index (χ4v) is 1.52. The number of halogens is 1. The highest BCUT2D eigenvalue weighted by atomic mass is 19.1. The van der Waals surface area contributed by atoms with Crippen LogP contribution in [-0.4, -0.2) is 28.2 Å². The molecule has 2 aromatic rings. The standard InChI is InChI=1S/C12H9FN2O5/c1-19-9-10(16)14-5-15-11(9)20-7-4-2-3-6(13)8(7)12(17)18/h2-5H,1H3,(H,17,18)(H,14,15,16). The van der Waals surface area contributed by atoms with Gasteiger partial charge in [-0.2, -0.15) is 0 Å². The Labute approximate surface area is 111 Å². The summed E-state index contributed by atoms with van der Waals surface area (Å²) in [6, 6.07) is 3.50. The van der Waals surface area contributed by atoms with Crippen molar-refractivity contribution in [3.8, 4) is 17.4 Å². The number of rotatable bonds is 4. The highest BCUT2D eigenvalue weighted by Gasteiger charge is 2.20. The lowest BCUT2D eigenvalue weighted by molar-refractivity contribution is 0.0688. The molecular weight excluding hydrogens is 271 g/mol. The molecule has 0 radical (unpaired) electrons. The van der Waals surface area contributed by atoms with Crippen molar-refractivity contribution in [2.24, 2.45) is 0 Å². The van der Waals surface area contributed by atoms with Gasteiger partial charge in [0, 0.05) is 0 Å². The molecule has 0 saturated heterocycles. The molecule has 1 aromatic carbocycles. The summed E-state index contributed by atoms with van der Waals surface area (Å²) >= 11 is 0. The summed E-state index contributed by atoms with van der Waals surface area (Å²) in [6.45, 7) is 0. The third-order valence-electron chi connectivity index (χ3n) is 2.38. The third kappa shape index (κ3) is 2.44. The Hall–Kier alpha value is -2.90. The van der Waals surface area contributed by atoms with E-state index in [1.54, 1.807) is 0 Å². The fourth-order valence-electron chi connectivity index (χ4n) is 1.52. The summed E-state index contributed by atoms with van der Waals surface area (Å²) in [4.78, 5) is 28.5. The first kappa shape index (κ1) is 13.5. The van der Waals surface area contributed by atoms with E-state index in [0.29, 0.717) is 0 Å². The molecule has 0 bridgehead atoms. The number of carboxylic acid groups (broad SMARTS) is 1. The number of aromatic nitrogens is 2. The molecular formula is C12H9FN2O5. The summed E-state index contributed by atoms with van der Waals surface area (Å²) in [5.74, 6) is -3.24. The molecule has 0 unspecified atom stereocenters. The quantitative estimate of drug-likeness (QED) is 0.878. The van der Waals surface area contributed by atoms with Crippen molar-refractivity contribution in [2.75, 3.05) is 7.11 Å². The van der Waals surface area contributed by atoms with Gasteiger partial charge in [0.25, 0.3) is 11.4 Å². The van der Waals surface area contributed by atoms with E-state index in [0.717, 1.165) is 12.4 Å². The van der Waals surface area contributed by atoms with Gasteiger partial charge in [-0.15, -0.1) is 0 Å². The Morgan fingerprint density at radius 3 is 2.85 bits per heavy atom. The lowest BCUT2D eigenvalue weighted by Crippen LogP contribution is -2.12. The van der Waals surface area contributed by atoms with Crippen LogP contribution in [0.4, 0.5) is 4.39 Å². The second kappa shape index (κ2) is 5.39. The Kier molecular flexibility index (Phi) is 3.65. The summed E-state index contributed by atoms with van der Waals surface area (Å²) < 4.78 is 23.5. The molecule has 8 heteroatoms. The zero-order valence-corrected chi connectivity index (χ0v) is 10.2. The first-order chi connectivity index (χ1) is 9.54. The molecule has 7 nitrogen and oxygen atoms in total. The van der Waals surface area contributed by atoms with Crippen molar-refractivity contribution in [3.63, 3.8) is 0 Å². The summed E-state index contributed by atoms with van der Waals surface area (Å²) in [5, 5.41) is 8.97.